The second-order valence-electron chi connectivity index (χ2n) is 6.66. The van der Waals surface area contributed by atoms with Crippen molar-refractivity contribution in [1.82, 2.24) is 19.7 Å². The highest BCUT2D eigenvalue weighted by Gasteiger charge is 2.20. The number of thiazole rings is 1. The van der Waals surface area contributed by atoms with Crippen LogP contribution in [0.15, 0.2) is 53.3 Å². The summed E-state index contributed by atoms with van der Waals surface area (Å²) in [6.45, 7) is 2.84. The third-order valence-electron chi connectivity index (χ3n) is 4.56. The maximum Gasteiger partial charge on any atom is 0.275 e. The van der Waals surface area contributed by atoms with Gasteiger partial charge in [-0.2, -0.15) is 5.10 Å². The molecule has 0 aliphatic heterocycles. The quantitative estimate of drug-likeness (QED) is 0.519. The van der Waals surface area contributed by atoms with Crippen LogP contribution in [-0.4, -0.2) is 32.6 Å². The first-order valence-corrected chi connectivity index (χ1v) is 10.00. The molecule has 6 nitrogen and oxygen atoms in total. The molecular formula is C21H20N4O2S. The van der Waals surface area contributed by atoms with Crippen molar-refractivity contribution in [2.75, 3.05) is 7.05 Å². The van der Waals surface area contributed by atoms with Gasteiger partial charge in [0.25, 0.3) is 11.5 Å². The smallest absolute Gasteiger partial charge is 0.275 e. The molecule has 0 bridgehead atoms. The van der Waals surface area contributed by atoms with E-state index in [-0.39, 0.29) is 11.5 Å². The molecule has 0 aliphatic carbocycles. The van der Waals surface area contributed by atoms with Gasteiger partial charge < -0.3 is 4.90 Å². The molecule has 142 valence electrons. The minimum atomic E-state index is -0.222. The third kappa shape index (κ3) is 3.29. The first kappa shape index (κ1) is 18.3. The zero-order valence-electron chi connectivity index (χ0n) is 15.8. The second kappa shape index (κ2) is 7.52. The van der Waals surface area contributed by atoms with Crippen molar-refractivity contribution in [1.29, 1.82) is 0 Å². The lowest BCUT2D eigenvalue weighted by molar-refractivity contribution is 0.0778. The van der Waals surface area contributed by atoms with Gasteiger partial charge in [-0.05, 0) is 24.6 Å². The third-order valence-corrected chi connectivity index (χ3v) is 5.58. The molecule has 0 fully saturated rings. The number of hydrogen-bond acceptors (Lipinski definition) is 5. The molecule has 28 heavy (non-hydrogen) atoms. The lowest BCUT2D eigenvalue weighted by Crippen LogP contribution is -2.31. The fourth-order valence-electron chi connectivity index (χ4n) is 3.20. The number of amides is 1. The minimum Gasteiger partial charge on any atom is -0.334 e. The zero-order valence-corrected chi connectivity index (χ0v) is 16.6. The summed E-state index contributed by atoms with van der Waals surface area (Å²) in [6, 6.07) is 15.1. The molecule has 2 heterocycles. The van der Waals surface area contributed by atoms with Gasteiger partial charge in [0.1, 0.15) is 5.01 Å². The normalized spacial score (nSPS) is 11.2. The average Bonchev–Trinajstić information content (AvgIpc) is 3.12. The number of carbonyl (C=O) groups excluding carboxylic acids is 1. The van der Waals surface area contributed by atoms with Gasteiger partial charge in [-0.25, -0.2) is 9.67 Å². The van der Waals surface area contributed by atoms with Crippen molar-refractivity contribution in [3.8, 4) is 0 Å². The molecule has 4 aromatic rings. The fraction of sp³-hybridized carbons (Fsp3) is 0.238. The summed E-state index contributed by atoms with van der Waals surface area (Å²) in [5.74, 6) is -0.222. The van der Waals surface area contributed by atoms with E-state index in [1.165, 1.54) is 4.68 Å². The highest BCUT2D eigenvalue weighted by Crippen LogP contribution is 2.23. The Morgan fingerprint density at radius 1 is 1.11 bits per heavy atom. The number of rotatable bonds is 5. The predicted molar refractivity (Wildman–Crippen MR) is 112 cm³/mol. The first-order valence-electron chi connectivity index (χ1n) is 9.18. The molecular weight excluding hydrogens is 372 g/mol. The van der Waals surface area contributed by atoms with E-state index in [9.17, 15) is 9.59 Å². The Labute approximate surface area is 166 Å². The maximum atomic E-state index is 13.2. The number of aryl methyl sites for hydroxylation is 1. The van der Waals surface area contributed by atoms with Crippen LogP contribution < -0.4 is 5.56 Å². The van der Waals surface area contributed by atoms with E-state index in [0.717, 1.165) is 21.6 Å². The highest BCUT2D eigenvalue weighted by molar-refractivity contribution is 7.18. The van der Waals surface area contributed by atoms with Crippen molar-refractivity contribution in [2.45, 2.75) is 26.4 Å². The summed E-state index contributed by atoms with van der Waals surface area (Å²) in [4.78, 5) is 32.0. The molecule has 0 saturated heterocycles. The van der Waals surface area contributed by atoms with E-state index in [4.69, 9.17) is 0 Å². The lowest BCUT2D eigenvalue weighted by Gasteiger charge is -2.17. The molecule has 0 unspecified atom stereocenters. The number of benzene rings is 2. The number of aromatic nitrogens is 3. The topological polar surface area (TPSA) is 68.1 Å². The number of hydrogen-bond donors (Lipinski definition) is 0. The van der Waals surface area contributed by atoms with E-state index in [1.807, 2.05) is 37.3 Å². The van der Waals surface area contributed by atoms with Gasteiger partial charge >= 0.3 is 0 Å². The molecule has 0 radical (unpaired) electrons. The molecule has 1 amide bonds. The van der Waals surface area contributed by atoms with Crippen molar-refractivity contribution in [2.24, 2.45) is 0 Å². The zero-order chi connectivity index (χ0) is 19.7. The Balaban J connectivity index is 1.71. The van der Waals surface area contributed by atoms with Crippen LogP contribution in [0.2, 0.25) is 0 Å². The number of nitrogens with zero attached hydrogens (tertiary/aromatic N) is 4. The molecule has 2 aromatic carbocycles. The van der Waals surface area contributed by atoms with Crippen LogP contribution in [0.25, 0.3) is 21.0 Å². The minimum absolute atomic E-state index is 0.164. The van der Waals surface area contributed by atoms with Crippen LogP contribution in [-0.2, 0) is 13.1 Å². The van der Waals surface area contributed by atoms with E-state index in [2.05, 4.69) is 10.1 Å². The maximum absolute atomic E-state index is 13.2. The van der Waals surface area contributed by atoms with Gasteiger partial charge in [-0.3, -0.25) is 9.59 Å². The largest absolute Gasteiger partial charge is 0.334 e. The van der Waals surface area contributed by atoms with Gasteiger partial charge in [0.15, 0.2) is 5.69 Å². The van der Waals surface area contributed by atoms with Gasteiger partial charge in [-0.1, -0.05) is 37.3 Å². The van der Waals surface area contributed by atoms with Gasteiger partial charge in [0.2, 0.25) is 0 Å². The van der Waals surface area contributed by atoms with Crippen molar-refractivity contribution in [3.63, 3.8) is 0 Å². The summed E-state index contributed by atoms with van der Waals surface area (Å²) >= 11 is 1.57. The number of fused-ring (bicyclic) bond motifs is 2. The van der Waals surface area contributed by atoms with Gasteiger partial charge in [0.05, 0.1) is 22.1 Å². The second-order valence-corrected chi connectivity index (χ2v) is 7.77. The summed E-state index contributed by atoms with van der Waals surface area (Å²) in [7, 11) is 1.74. The number of para-hydroxylation sites is 1. The first-order chi connectivity index (χ1) is 13.6. The Hall–Kier alpha value is -3.06. The highest BCUT2D eigenvalue weighted by atomic mass is 32.1. The van der Waals surface area contributed by atoms with Crippen LogP contribution in [0.5, 0.6) is 0 Å². The Bertz CT molecular complexity index is 1200. The van der Waals surface area contributed by atoms with Crippen LogP contribution in [0.1, 0.15) is 28.8 Å². The van der Waals surface area contributed by atoms with Crippen LogP contribution in [0.4, 0.5) is 0 Å². The predicted octanol–water partition coefficient (Wildman–Crippen LogP) is 3.69. The molecule has 0 saturated carbocycles. The van der Waals surface area contributed by atoms with Gasteiger partial charge in [-0.15, -0.1) is 11.3 Å². The molecule has 7 heteroatoms. The SMILES string of the molecule is CCCn1nc(C(=O)N(C)Cc2nc3ccccc3s2)c2ccccc2c1=O. The monoisotopic (exact) mass is 392 g/mol. The van der Waals surface area contributed by atoms with E-state index in [1.54, 1.807) is 41.5 Å². The number of carbonyl (C=O) groups is 1. The molecule has 0 aliphatic rings. The van der Waals surface area contributed by atoms with Crippen LogP contribution in [0.3, 0.4) is 0 Å². The average molecular weight is 392 g/mol. The fourth-order valence-corrected chi connectivity index (χ4v) is 4.22. The standard InChI is InChI=1S/C21H20N4O2S/c1-3-12-25-20(26)15-9-5-4-8-14(15)19(23-25)21(27)24(2)13-18-22-16-10-6-7-11-17(16)28-18/h4-11H,3,12-13H2,1-2H3. The summed E-state index contributed by atoms with van der Waals surface area (Å²) in [5.41, 5.74) is 1.07. The Kier molecular flexibility index (Phi) is 4.92. The summed E-state index contributed by atoms with van der Waals surface area (Å²) < 4.78 is 2.49. The molecule has 4 rings (SSSR count). The van der Waals surface area contributed by atoms with E-state index >= 15 is 0 Å². The van der Waals surface area contributed by atoms with Crippen molar-refractivity contribution < 1.29 is 4.79 Å². The Morgan fingerprint density at radius 3 is 2.57 bits per heavy atom. The van der Waals surface area contributed by atoms with Crippen LogP contribution in [0, 0.1) is 0 Å². The Morgan fingerprint density at radius 2 is 1.82 bits per heavy atom. The summed E-state index contributed by atoms with van der Waals surface area (Å²) in [5, 5.41) is 6.36. The van der Waals surface area contributed by atoms with Crippen LogP contribution >= 0.6 is 11.3 Å². The van der Waals surface area contributed by atoms with E-state index < -0.39 is 0 Å². The molecule has 0 atom stereocenters. The van der Waals surface area contributed by atoms with Gasteiger partial charge in [0, 0.05) is 19.0 Å². The summed E-state index contributed by atoms with van der Waals surface area (Å²) in [6.07, 6.45) is 0.764. The molecule has 0 N–H and O–H groups in total. The van der Waals surface area contributed by atoms with Crippen molar-refractivity contribution in [3.05, 3.63) is 69.6 Å². The van der Waals surface area contributed by atoms with E-state index in [0.29, 0.717) is 29.6 Å². The molecule has 2 aromatic heterocycles. The lowest BCUT2D eigenvalue weighted by atomic mass is 10.1. The van der Waals surface area contributed by atoms with Crippen molar-refractivity contribution >= 4 is 38.2 Å². The molecule has 0 spiro atoms.